The van der Waals surface area contributed by atoms with E-state index in [4.69, 9.17) is 4.84 Å². The van der Waals surface area contributed by atoms with Crippen LogP contribution >= 0.6 is 21.6 Å². The summed E-state index contributed by atoms with van der Waals surface area (Å²) in [6.45, 7) is 3.51. The first kappa shape index (κ1) is 24.4. The summed E-state index contributed by atoms with van der Waals surface area (Å²) in [5.41, 5.74) is 0. The van der Waals surface area contributed by atoms with Gasteiger partial charge in [0.1, 0.15) is 20.4 Å². The van der Waals surface area contributed by atoms with Gasteiger partial charge in [0.05, 0.1) is 12.8 Å². The molecular formula is C14H15N2NaO7S3. The van der Waals surface area contributed by atoms with Gasteiger partial charge in [-0.25, -0.2) is 18.2 Å². The summed E-state index contributed by atoms with van der Waals surface area (Å²) in [5.74, 6) is -3.28. The molecule has 1 aliphatic heterocycles. The summed E-state index contributed by atoms with van der Waals surface area (Å²) >= 11 is 0. The average Bonchev–Trinajstić information content (AvgIpc) is 2.82. The molecule has 9 nitrogen and oxygen atoms in total. The van der Waals surface area contributed by atoms with E-state index in [1.807, 2.05) is 6.07 Å². The van der Waals surface area contributed by atoms with Gasteiger partial charge in [0.25, 0.3) is 11.8 Å². The van der Waals surface area contributed by atoms with E-state index >= 15 is 0 Å². The normalized spacial score (nSPS) is 17.6. The molecule has 0 bridgehead atoms. The molecule has 1 fully saturated rings. The molecule has 0 saturated carbocycles. The first-order valence-electron chi connectivity index (χ1n) is 7.28. The maximum atomic E-state index is 12.0. The fraction of sp³-hybridized carbons (Fsp3) is 0.429. The topological polar surface area (TPSA) is 134 Å². The maximum Gasteiger partial charge on any atom is 1.00 e. The van der Waals surface area contributed by atoms with Crippen LogP contribution in [0.25, 0.3) is 0 Å². The standard InChI is InChI=1S/C14H16N2O7S3.Na/c1-14(2,25-24-10-5-3-4-6-15-10)8-12(18)23-16-11(17)7-9(13(16)19)26(20,21)22;/h3-6,9H,7-8H2,1-2H3,(H,20,21,22);/q;+1/p-1. The van der Waals surface area contributed by atoms with Gasteiger partial charge in [-0.2, -0.15) is 0 Å². The number of nitrogens with zero attached hydrogens (tertiary/aromatic N) is 2. The van der Waals surface area contributed by atoms with Gasteiger partial charge in [0.15, 0.2) is 0 Å². The van der Waals surface area contributed by atoms with Crippen molar-refractivity contribution in [2.45, 2.75) is 41.7 Å². The number of hydrogen-bond acceptors (Lipinski definition) is 10. The number of hydroxylamine groups is 2. The molecule has 27 heavy (non-hydrogen) atoms. The van der Waals surface area contributed by atoms with E-state index in [0.29, 0.717) is 0 Å². The van der Waals surface area contributed by atoms with Crippen molar-refractivity contribution in [3.8, 4) is 0 Å². The number of rotatable bonds is 7. The molecule has 1 aliphatic rings. The largest absolute Gasteiger partial charge is 1.00 e. The number of pyridine rings is 1. The fourth-order valence-electron chi connectivity index (χ4n) is 1.97. The van der Waals surface area contributed by atoms with Gasteiger partial charge in [-0.3, -0.25) is 9.59 Å². The zero-order valence-electron chi connectivity index (χ0n) is 14.8. The van der Waals surface area contributed by atoms with Crippen molar-refractivity contribution < 1.29 is 61.7 Å². The molecule has 1 atom stereocenters. The van der Waals surface area contributed by atoms with Gasteiger partial charge in [-0.1, -0.05) is 16.9 Å². The second kappa shape index (κ2) is 9.72. The molecule has 0 N–H and O–H groups in total. The van der Waals surface area contributed by atoms with Gasteiger partial charge < -0.3 is 9.39 Å². The predicted molar refractivity (Wildman–Crippen MR) is 92.4 cm³/mol. The van der Waals surface area contributed by atoms with Crippen molar-refractivity contribution >= 4 is 49.5 Å². The average molecular weight is 442 g/mol. The van der Waals surface area contributed by atoms with Gasteiger partial charge in [-0.15, -0.1) is 5.06 Å². The third-order valence-corrected chi connectivity index (χ3v) is 7.44. The second-order valence-corrected chi connectivity index (χ2v) is 10.4. The van der Waals surface area contributed by atoms with Gasteiger partial charge >= 0.3 is 35.5 Å². The quantitative estimate of drug-likeness (QED) is 0.204. The molecule has 2 heterocycles. The minimum absolute atomic E-state index is 0. The first-order chi connectivity index (χ1) is 12.0. The summed E-state index contributed by atoms with van der Waals surface area (Å²) < 4.78 is 32.3. The first-order valence-corrected chi connectivity index (χ1v) is 10.9. The smallest absolute Gasteiger partial charge is 0.747 e. The molecule has 0 radical (unpaired) electrons. The summed E-state index contributed by atoms with van der Waals surface area (Å²) in [6, 6.07) is 5.40. The minimum Gasteiger partial charge on any atom is -0.747 e. The Kier molecular flexibility index (Phi) is 8.79. The molecule has 1 aromatic rings. The molecule has 142 valence electrons. The molecule has 1 saturated heterocycles. The minimum atomic E-state index is -5.00. The number of aromatic nitrogens is 1. The van der Waals surface area contributed by atoms with Crippen LogP contribution in [0.4, 0.5) is 0 Å². The van der Waals surface area contributed by atoms with Crippen LogP contribution in [0.2, 0.25) is 0 Å². The Morgan fingerprint density at radius 2 is 2.07 bits per heavy atom. The summed E-state index contributed by atoms with van der Waals surface area (Å²) in [6.07, 6.45) is 0.643. The van der Waals surface area contributed by atoms with Gasteiger partial charge in [0.2, 0.25) is 0 Å². The summed E-state index contributed by atoms with van der Waals surface area (Å²) in [5, 5.41) is -1.24. The Bertz CT molecular complexity index is 817. The zero-order chi connectivity index (χ0) is 19.5. The van der Waals surface area contributed by atoms with Gasteiger partial charge in [0, 0.05) is 10.9 Å². The Balaban J connectivity index is 0.00000364. The van der Waals surface area contributed by atoms with E-state index in [-0.39, 0.29) is 41.0 Å². The van der Waals surface area contributed by atoms with E-state index in [0.717, 1.165) is 5.03 Å². The molecule has 1 aromatic heterocycles. The molecular weight excluding hydrogens is 427 g/mol. The molecule has 0 aliphatic carbocycles. The van der Waals surface area contributed by atoms with Crippen molar-refractivity contribution in [1.29, 1.82) is 0 Å². The van der Waals surface area contributed by atoms with Crippen molar-refractivity contribution in [2.24, 2.45) is 0 Å². The Hall–Kier alpha value is -0.630. The number of carbonyl (C=O) groups excluding carboxylic acids is 3. The Morgan fingerprint density at radius 1 is 1.41 bits per heavy atom. The van der Waals surface area contributed by atoms with Crippen LogP contribution in [0.5, 0.6) is 0 Å². The van der Waals surface area contributed by atoms with Crippen LogP contribution in [-0.4, -0.2) is 50.8 Å². The van der Waals surface area contributed by atoms with Crippen molar-refractivity contribution in [3.63, 3.8) is 0 Å². The monoisotopic (exact) mass is 442 g/mol. The third-order valence-electron chi connectivity index (χ3n) is 3.16. The summed E-state index contributed by atoms with van der Waals surface area (Å²) in [7, 11) is -2.31. The van der Waals surface area contributed by atoms with E-state index < -0.39 is 44.3 Å². The molecule has 0 aromatic carbocycles. The molecule has 1 unspecified atom stereocenters. The van der Waals surface area contributed by atoms with E-state index in [1.165, 1.54) is 21.6 Å². The van der Waals surface area contributed by atoms with Crippen LogP contribution in [0.1, 0.15) is 26.7 Å². The second-order valence-electron chi connectivity index (χ2n) is 5.95. The van der Waals surface area contributed by atoms with Crippen LogP contribution in [0.3, 0.4) is 0 Å². The molecule has 2 rings (SSSR count). The Labute approximate surface area is 186 Å². The van der Waals surface area contributed by atoms with E-state index in [1.54, 1.807) is 32.2 Å². The van der Waals surface area contributed by atoms with Crippen molar-refractivity contribution in [2.75, 3.05) is 0 Å². The molecule has 0 spiro atoms. The maximum absolute atomic E-state index is 12.0. The Morgan fingerprint density at radius 3 is 2.59 bits per heavy atom. The molecule has 2 amide bonds. The van der Waals surface area contributed by atoms with Crippen molar-refractivity contribution in [1.82, 2.24) is 10.0 Å². The summed E-state index contributed by atoms with van der Waals surface area (Å²) in [4.78, 5) is 44.3. The fourth-order valence-corrected chi connectivity index (χ4v) is 4.79. The van der Waals surface area contributed by atoms with E-state index in [2.05, 4.69) is 4.98 Å². The third kappa shape index (κ3) is 7.04. The SMILES string of the molecule is CC(C)(CC(=O)ON1C(=O)CC(S(=O)(=O)[O-])C1=O)SSc1ccccn1.[Na+]. The zero-order valence-corrected chi connectivity index (χ0v) is 19.2. The van der Waals surface area contributed by atoms with Crippen LogP contribution in [0, 0.1) is 0 Å². The van der Waals surface area contributed by atoms with Gasteiger partial charge in [-0.05, 0) is 36.8 Å². The van der Waals surface area contributed by atoms with Crippen molar-refractivity contribution in [3.05, 3.63) is 24.4 Å². The predicted octanol–water partition coefficient (Wildman–Crippen LogP) is -1.87. The number of imide groups is 1. The van der Waals surface area contributed by atoms with Crippen LogP contribution in [0.15, 0.2) is 29.4 Å². The number of amides is 2. The van der Waals surface area contributed by atoms with Crippen LogP contribution < -0.4 is 29.6 Å². The van der Waals surface area contributed by atoms with Crippen LogP contribution in [-0.2, 0) is 29.3 Å². The number of carbonyl (C=O) groups is 3. The van der Waals surface area contributed by atoms with E-state index in [9.17, 15) is 27.4 Å². The molecule has 13 heteroatoms. The number of hydrogen-bond donors (Lipinski definition) is 0.